The molecule has 2 rings (SSSR count). The monoisotopic (exact) mass is 349 g/mol. The maximum Gasteiger partial charge on any atom is 0.267 e. The van der Waals surface area contributed by atoms with Crippen LogP contribution in [-0.2, 0) is 4.79 Å². The number of benzene rings is 2. The Balaban J connectivity index is 1.97. The van der Waals surface area contributed by atoms with E-state index in [1.165, 1.54) is 0 Å². The van der Waals surface area contributed by atoms with Crippen LogP contribution in [0.4, 0.5) is 5.69 Å². The van der Waals surface area contributed by atoms with Crippen LogP contribution in [0.5, 0.6) is 11.5 Å². The van der Waals surface area contributed by atoms with E-state index in [1.54, 1.807) is 30.5 Å². The minimum absolute atomic E-state index is 0.0771. The van der Waals surface area contributed by atoms with E-state index in [4.69, 9.17) is 4.74 Å². The fraction of sp³-hybridized carbons (Fsp3) is 0.238. The number of amides is 1. The number of nitrogens with one attached hydrogen (secondary N) is 1. The van der Waals surface area contributed by atoms with E-state index in [0.29, 0.717) is 11.4 Å². The zero-order valence-corrected chi connectivity index (χ0v) is 15.1. The third-order valence-electron chi connectivity index (χ3n) is 3.67. The number of carbonyl (C=O) groups excluding carboxylic acids is 1. The number of rotatable bonds is 8. The lowest BCUT2D eigenvalue weighted by Gasteiger charge is -2.14. The molecular weight excluding hydrogens is 326 g/mol. The third kappa shape index (κ3) is 5.99. The molecule has 5 nitrogen and oxygen atoms in total. The lowest BCUT2D eigenvalue weighted by molar-refractivity contribution is -0.112. The van der Waals surface area contributed by atoms with Crippen molar-refractivity contribution in [2.24, 2.45) is 0 Å². The average molecular weight is 349 g/mol. The number of carbonyl (C=O) groups is 1. The molecule has 0 aliphatic rings. The maximum absolute atomic E-state index is 12.3. The van der Waals surface area contributed by atoms with Gasteiger partial charge >= 0.3 is 0 Å². The number of ether oxygens (including phenoxy) is 1. The highest BCUT2D eigenvalue weighted by molar-refractivity contribution is 6.06. The van der Waals surface area contributed by atoms with Crippen molar-refractivity contribution in [3.05, 3.63) is 66.4 Å². The minimum Gasteiger partial charge on any atom is -0.457 e. The molecule has 0 aromatic heterocycles. The van der Waals surface area contributed by atoms with Gasteiger partial charge in [-0.25, -0.2) is 0 Å². The summed E-state index contributed by atoms with van der Waals surface area (Å²) in [7, 11) is 1.86. The summed E-state index contributed by atoms with van der Waals surface area (Å²) in [6.07, 6.45) is 3.65. The fourth-order valence-corrected chi connectivity index (χ4v) is 2.26. The molecule has 0 atom stereocenters. The van der Waals surface area contributed by atoms with Gasteiger partial charge in [0, 0.05) is 25.5 Å². The molecule has 0 spiro atoms. The SMILES string of the molecule is CCCCN(C)/C=C(/C#N)C(=O)Nc1ccc(Oc2ccccc2)cc1. The van der Waals surface area contributed by atoms with E-state index >= 15 is 0 Å². The molecule has 2 aromatic rings. The van der Waals surface area contributed by atoms with Gasteiger partial charge in [0.1, 0.15) is 23.1 Å². The van der Waals surface area contributed by atoms with Gasteiger partial charge in [0.15, 0.2) is 0 Å². The lowest BCUT2D eigenvalue weighted by Crippen LogP contribution is -2.19. The molecule has 1 N–H and O–H groups in total. The van der Waals surface area contributed by atoms with Crippen LogP contribution in [0.15, 0.2) is 66.4 Å². The Labute approximate surface area is 154 Å². The van der Waals surface area contributed by atoms with E-state index in [0.717, 1.165) is 25.1 Å². The van der Waals surface area contributed by atoms with Crippen molar-refractivity contribution in [3.63, 3.8) is 0 Å². The highest BCUT2D eigenvalue weighted by Crippen LogP contribution is 2.22. The summed E-state index contributed by atoms with van der Waals surface area (Å²) in [5, 5.41) is 12.0. The van der Waals surface area contributed by atoms with E-state index in [-0.39, 0.29) is 5.57 Å². The zero-order chi connectivity index (χ0) is 18.8. The second kappa shape index (κ2) is 9.90. The minimum atomic E-state index is -0.424. The average Bonchev–Trinajstić information content (AvgIpc) is 2.66. The van der Waals surface area contributed by atoms with E-state index in [9.17, 15) is 10.1 Å². The van der Waals surface area contributed by atoms with Gasteiger partial charge in [0.25, 0.3) is 5.91 Å². The van der Waals surface area contributed by atoms with Crippen LogP contribution >= 0.6 is 0 Å². The second-order valence-electron chi connectivity index (χ2n) is 5.88. The van der Waals surface area contributed by atoms with Crippen LogP contribution in [0.2, 0.25) is 0 Å². The highest BCUT2D eigenvalue weighted by atomic mass is 16.5. The molecule has 0 aliphatic heterocycles. The van der Waals surface area contributed by atoms with Crippen molar-refractivity contribution in [1.29, 1.82) is 5.26 Å². The molecule has 0 aliphatic carbocycles. The summed E-state index contributed by atoms with van der Waals surface area (Å²) in [6.45, 7) is 2.90. The molecule has 0 fully saturated rings. The largest absolute Gasteiger partial charge is 0.457 e. The Morgan fingerprint density at radius 3 is 2.42 bits per heavy atom. The summed E-state index contributed by atoms with van der Waals surface area (Å²) >= 11 is 0. The Kier molecular flexibility index (Phi) is 7.26. The quantitative estimate of drug-likeness (QED) is 0.560. The molecule has 134 valence electrons. The van der Waals surface area contributed by atoms with Crippen molar-refractivity contribution in [2.45, 2.75) is 19.8 Å². The molecule has 0 bridgehead atoms. The topological polar surface area (TPSA) is 65.4 Å². The molecule has 0 unspecified atom stereocenters. The van der Waals surface area contributed by atoms with Gasteiger partial charge in [-0.05, 0) is 42.8 Å². The molecule has 26 heavy (non-hydrogen) atoms. The second-order valence-corrected chi connectivity index (χ2v) is 5.88. The first-order chi connectivity index (χ1) is 12.6. The Hall–Kier alpha value is -3.26. The molecule has 1 amide bonds. The van der Waals surface area contributed by atoms with Crippen molar-refractivity contribution in [2.75, 3.05) is 18.9 Å². The Bertz CT molecular complexity index is 777. The fourth-order valence-electron chi connectivity index (χ4n) is 2.26. The number of para-hydroxylation sites is 1. The normalized spacial score (nSPS) is 10.7. The van der Waals surface area contributed by atoms with Gasteiger partial charge in [-0.3, -0.25) is 4.79 Å². The van der Waals surface area contributed by atoms with Crippen LogP contribution in [0, 0.1) is 11.3 Å². The van der Waals surface area contributed by atoms with Crippen LogP contribution in [0.1, 0.15) is 19.8 Å². The molecule has 2 aromatic carbocycles. The van der Waals surface area contributed by atoms with Gasteiger partial charge in [-0.2, -0.15) is 5.26 Å². The summed E-state index contributed by atoms with van der Waals surface area (Å²) in [5.74, 6) is 0.992. The molecule has 0 heterocycles. The van der Waals surface area contributed by atoms with Gasteiger partial charge in [-0.1, -0.05) is 31.5 Å². The zero-order valence-electron chi connectivity index (χ0n) is 15.1. The van der Waals surface area contributed by atoms with Gasteiger partial charge in [-0.15, -0.1) is 0 Å². The number of hydrogen-bond acceptors (Lipinski definition) is 4. The molecule has 5 heteroatoms. The number of unbranched alkanes of at least 4 members (excludes halogenated alkanes) is 1. The van der Waals surface area contributed by atoms with Crippen molar-refractivity contribution in [1.82, 2.24) is 4.90 Å². The van der Waals surface area contributed by atoms with Crippen molar-refractivity contribution in [3.8, 4) is 17.6 Å². The first-order valence-corrected chi connectivity index (χ1v) is 8.59. The van der Waals surface area contributed by atoms with Crippen molar-refractivity contribution < 1.29 is 9.53 Å². The highest BCUT2D eigenvalue weighted by Gasteiger charge is 2.10. The van der Waals surface area contributed by atoms with E-state index in [1.807, 2.05) is 48.3 Å². The van der Waals surface area contributed by atoms with Crippen LogP contribution in [0.25, 0.3) is 0 Å². The molecule has 0 saturated heterocycles. The summed E-state index contributed by atoms with van der Waals surface area (Å²) < 4.78 is 5.71. The molecule has 0 saturated carbocycles. The van der Waals surface area contributed by atoms with Crippen LogP contribution < -0.4 is 10.1 Å². The third-order valence-corrected chi connectivity index (χ3v) is 3.67. The predicted molar refractivity (Wildman–Crippen MR) is 103 cm³/mol. The summed E-state index contributed by atoms with van der Waals surface area (Å²) in [6, 6.07) is 18.4. The molecular formula is C21H23N3O2. The van der Waals surface area contributed by atoms with Crippen LogP contribution in [0.3, 0.4) is 0 Å². The first-order valence-electron chi connectivity index (χ1n) is 8.59. The number of nitriles is 1. The Morgan fingerprint density at radius 1 is 1.15 bits per heavy atom. The maximum atomic E-state index is 12.3. The molecule has 0 radical (unpaired) electrons. The Morgan fingerprint density at radius 2 is 1.81 bits per heavy atom. The van der Waals surface area contributed by atoms with Gasteiger partial charge in [0.2, 0.25) is 0 Å². The number of anilines is 1. The summed E-state index contributed by atoms with van der Waals surface area (Å²) in [5.41, 5.74) is 0.681. The van der Waals surface area contributed by atoms with Crippen molar-refractivity contribution >= 4 is 11.6 Å². The van der Waals surface area contributed by atoms with E-state index < -0.39 is 5.91 Å². The standard InChI is InChI=1S/C21H23N3O2/c1-3-4-14-24(2)16-17(15-22)21(25)23-18-10-12-20(13-11-18)26-19-8-6-5-7-9-19/h5-13,16H,3-4,14H2,1-2H3,(H,23,25)/b17-16-. The predicted octanol–water partition coefficient (Wildman–Crippen LogP) is 4.56. The van der Waals surface area contributed by atoms with Gasteiger partial charge < -0.3 is 15.0 Å². The van der Waals surface area contributed by atoms with E-state index in [2.05, 4.69) is 12.2 Å². The lowest BCUT2D eigenvalue weighted by atomic mass is 10.2. The number of nitrogens with zero attached hydrogens (tertiary/aromatic N) is 2. The summed E-state index contributed by atoms with van der Waals surface area (Å²) in [4.78, 5) is 14.1. The van der Waals surface area contributed by atoms with Crippen LogP contribution in [-0.4, -0.2) is 24.4 Å². The first kappa shape index (κ1) is 19.1. The van der Waals surface area contributed by atoms with Gasteiger partial charge in [0.05, 0.1) is 0 Å². The number of hydrogen-bond donors (Lipinski definition) is 1. The smallest absolute Gasteiger partial charge is 0.267 e.